The maximum atomic E-state index is 10.9. The molecule has 0 bridgehead atoms. The van der Waals surface area contributed by atoms with Crippen LogP contribution in [0.3, 0.4) is 0 Å². The highest BCUT2D eigenvalue weighted by molar-refractivity contribution is 5.77. The van der Waals surface area contributed by atoms with Crippen LogP contribution in [0, 0.1) is 12.3 Å². The van der Waals surface area contributed by atoms with Gasteiger partial charge in [-0.15, -0.1) is 0 Å². The predicted octanol–water partition coefficient (Wildman–Crippen LogP) is 2.72. The lowest BCUT2D eigenvalue weighted by molar-refractivity contribution is 0.122. The minimum Gasteiger partial charge on any atom is -0.476 e. The number of hydrogen-bond acceptors (Lipinski definition) is 8. The lowest BCUT2D eigenvalue weighted by atomic mass is 10.2. The molecular formula is C21H33N5O4. The Morgan fingerprint density at radius 2 is 2.13 bits per heavy atom. The first-order valence-corrected chi connectivity index (χ1v) is 9.64. The molecule has 9 nitrogen and oxygen atoms in total. The van der Waals surface area contributed by atoms with Crippen molar-refractivity contribution in [3.63, 3.8) is 0 Å². The Hall–Kier alpha value is -3.33. The van der Waals surface area contributed by atoms with E-state index in [1.165, 1.54) is 18.9 Å². The van der Waals surface area contributed by atoms with Gasteiger partial charge in [-0.1, -0.05) is 29.8 Å². The van der Waals surface area contributed by atoms with Crippen molar-refractivity contribution in [1.29, 1.82) is 5.41 Å². The second-order valence-corrected chi connectivity index (χ2v) is 6.51. The number of rotatable bonds is 6. The van der Waals surface area contributed by atoms with Crippen molar-refractivity contribution in [1.82, 2.24) is 10.3 Å². The van der Waals surface area contributed by atoms with Crippen molar-refractivity contribution in [2.45, 2.75) is 6.92 Å². The molecule has 1 aromatic heterocycles. The van der Waals surface area contributed by atoms with Gasteiger partial charge in [0, 0.05) is 40.0 Å². The van der Waals surface area contributed by atoms with E-state index >= 15 is 0 Å². The van der Waals surface area contributed by atoms with Crippen LogP contribution in [0.25, 0.3) is 0 Å². The van der Waals surface area contributed by atoms with Crippen LogP contribution in [0.4, 0.5) is 16.3 Å². The number of aryl methyl sites for hydroxylation is 1. The number of aromatic nitrogens is 1. The molecule has 166 valence electrons. The fourth-order valence-electron chi connectivity index (χ4n) is 2.73. The van der Waals surface area contributed by atoms with Gasteiger partial charge < -0.3 is 35.6 Å². The van der Waals surface area contributed by atoms with Crippen LogP contribution in [-0.2, 0) is 9.47 Å². The number of carbonyl (C=O) groups excluding carboxylic acids is 1. The molecule has 0 aliphatic carbocycles. The number of nitrogens with two attached hydrogens (primary N) is 1. The van der Waals surface area contributed by atoms with Crippen molar-refractivity contribution >= 4 is 23.8 Å². The first kappa shape index (κ1) is 23.0. The van der Waals surface area contributed by atoms with E-state index in [1.54, 1.807) is 0 Å². The molecule has 1 fully saturated rings. The van der Waals surface area contributed by atoms with Crippen molar-refractivity contribution in [2.24, 2.45) is 0 Å². The van der Waals surface area contributed by atoms with Crippen molar-refractivity contribution < 1.29 is 21.9 Å². The highest BCUT2D eigenvalue weighted by Gasteiger charge is 2.13. The van der Waals surface area contributed by atoms with Gasteiger partial charge >= 0.3 is 6.09 Å². The number of nitrogens with one attached hydrogen (secondary N) is 2. The van der Waals surface area contributed by atoms with Gasteiger partial charge in [-0.25, -0.2) is 4.79 Å². The van der Waals surface area contributed by atoms with Gasteiger partial charge in [0.05, 0.1) is 26.9 Å². The maximum Gasteiger partial charge on any atom is 0.406 e. The summed E-state index contributed by atoms with van der Waals surface area (Å²) in [7, 11) is 1.31. The van der Waals surface area contributed by atoms with E-state index in [4.69, 9.17) is 20.6 Å². The molecule has 0 radical (unpaired) electrons. The third-order valence-corrected chi connectivity index (χ3v) is 4.20. The highest BCUT2D eigenvalue weighted by Crippen LogP contribution is 2.23. The first-order chi connectivity index (χ1) is 14.5. The molecule has 0 spiro atoms. The molecule has 1 saturated heterocycles. The molecule has 30 heavy (non-hydrogen) atoms. The lowest BCUT2D eigenvalue weighted by Crippen LogP contribution is -2.36. The number of carbonyl (C=O) groups is 1. The minimum atomic E-state index is -0.492. The summed E-state index contributed by atoms with van der Waals surface area (Å²) in [5.74, 6) is 0.832. The Morgan fingerprint density at radius 3 is 2.77 bits per heavy atom. The van der Waals surface area contributed by atoms with E-state index in [-0.39, 0.29) is 9.46 Å². The zero-order valence-electron chi connectivity index (χ0n) is 17.4. The molecule has 1 aliphatic heterocycles. The Balaban J connectivity index is 0.000000741. The molecule has 0 saturated carbocycles. The highest BCUT2D eigenvalue weighted by atomic mass is 16.5. The van der Waals surface area contributed by atoms with E-state index in [1.807, 2.05) is 43.3 Å². The van der Waals surface area contributed by atoms with Gasteiger partial charge in [-0.05, 0) is 12.5 Å². The summed E-state index contributed by atoms with van der Waals surface area (Å²) in [6.45, 7) is 5.65. The summed E-state index contributed by atoms with van der Waals surface area (Å²) in [6.07, 6.45) is 0.862. The van der Waals surface area contributed by atoms with E-state index in [0.29, 0.717) is 31.5 Å². The Labute approximate surface area is 179 Å². The maximum absolute atomic E-state index is 10.9. The Kier molecular flexibility index (Phi) is 9.39. The molecule has 4 N–H and O–H groups in total. The second kappa shape index (κ2) is 12.3. The number of hydrogen-bond donors (Lipinski definition) is 3. The molecular weight excluding hydrogens is 386 g/mol. The Morgan fingerprint density at radius 1 is 1.37 bits per heavy atom. The first-order valence-electron chi connectivity index (χ1n) is 9.64. The standard InChI is InChI=1S/C13H20N4O4.C8H9N.2H2/c1-19-13(18)15-2-5-21-12-9-10(8-11(14)16-12)17-3-6-20-7-4-17;1-7-3-2-4-8(5-7)6-9;;/h8-9H,2-7H2,1H3,(H2,14,16)(H,15,18);2-6,9H,1H3;2*1H. The summed E-state index contributed by atoms with van der Waals surface area (Å²) in [5.41, 5.74) is 8.93. The van der Waals surface area contributed by atoms with E-state index in [2.05, 4.69) is 19.9 Å². The van der Waals surface area contributed by atoms with Crippen LogP contribution in [0.1, 0.15) is 14.0 Å². The van der Waals surface area contributed by atoms with Crippen LogP contribution < -0.4 is 20.7 Å². The monoisotopic (exact) mass is 419 g/mol. The molecule has 1 amide bonds. The fourth-order valence-corrected chi connectivity index (χ4v) is 2.73. The van der Waals surface area contributed by atoms with Crippen molar-refractivity contribution in [2.75, 3.05) is 57.2 Å². The summed E-state index contributed by atoms with van der Waals surface area (Å²) in [4.78, 5) is 17.2. The number of benzene rings is 1. The SMILES string of the molecule is COC(=O)NCCOc1cc(N2CCOCC2)cc(N)n1.Cc1cccc(C=N)c1.[HH].[HH]. The number of ether oxygens (including phenoxy) is 3. The third kappa shape index (κ3) is 7.96. The molecule has 0 atom stereocenters. The number of nitrogen functional groups attached to an aromatic ring is 1. The molecule has 1 aromatic carbocycles. The number of pyridine rings is 1. The average molecular weight is 420 g/mol. The fraction of sp³-hybridized carbons (Fsp3) is 0.381. The van der Waals surface area contributed by atoms with E-state index in [9.17, 15) is 4.79 Å². The van der Waals surface area contributed by atoms with E-state index < -0.39 is 6.09 Å². The molecule has 1 aliphatic rings. The topological polar surface area (TPSA) is 123 Å². The van der Waals surface area contributed by atoms with Crippen molar-refractivity contribution in [3.05, 3.63) is 47.5 Å². The summed E-state index contributed by atoms with van der Waals surface area (Å²) >= 11 is 0. The van der Waals surface area contributed by atoms with Gasteiger partial charge in [-0.2, -0.15) is 4.98 Å². The van der Waals surface area contributed by atoms with Gasteiger partial charge in [0.2, 0.25) is 5.88 Å². The summed E-state index contributed by atoms with van der Waals surface area (Å²) < 4.78 is 15.3. The van der Waals surface area contributed by atoms with Crippen LogP contribution in [0.15, 0.2) is 36.4 Å². The predicted molar refractivity (Wildman–Crippen MR) is 121 cm³/mol. The van der Waals surface area contributed by atoms with Gasteiger partial charge in [0.25, 0.3) is 0 Å². The van der Waals surface area contributed by atoms with Gasteiger partial charge in [-0.3, -0.25) is 0 Å². The van der Waals surface area contributed by atoms with Gasteiger partial charge in [0.15, 0.2) is 0 Å². The zero-order valence-corrected chi connectivity index (χ0v) is 17.4. The smallest absolute Gasteiger partial charge is 0.406 e. The van der Waals surface area contributed by atoms with Crippen molar-refractivity contribution in [3.8, 4) is 5.88 Å². The van der Waals surface area contributed by atoms with Crippen LogP contribution in [-0.4, -0.2) is 63.9 Å². The van der Waals surface area contributed by atoms with Crippen LogP contribution >= 0.6 is 0 Å². The number of alkyl carbamates (subject to hydrolysis) is 1. The third-order valence-electron chi connectivity index (χ3n) is 4.20. The summed E-state index contributed by atoms with van der Waals surface area (Å²) in [6, 6.07) is 11.5. The lowest BCUT2D eigenvalue weighted by Gasteiger charge is -2.29. The molecule has 2 heterocycles. The molecule has 3 rings (SSSR count). The average Bonchev–Trinajstić information content (AvgIpc) is 2.77. The normalized spacial score (nSPS) is 12.9. The quantitative estimate of drug-likeness (QED) is 0.486. The van der Waals surface area contributed by atoms with E-state index in [0.717, 1.165) is 24.3 Å². The largest absolute Gasteiger partial charge is 0.476 e. The molecule has 0 unspecified atom stereocenters. The molecule has 9 heteroatoms. The number of morpholine rings is 1. The van der Waals surface area contributed by atoms with Gasteiger partial charge in [0.1, 0.15) is 12.4 Å². The number of nitrogens with zero attached hydrogens (tertiary/aromatic N) is 2. The molecule has 2 aromatic rings. The zero-order chi connectivity index (χ0) is 21.8. The summed E-state index contributed by atoms with van der Waals surface area (Å²) in [5, 5.41) is 9.44. The number of amides is 1. The number of methoxy groups -OCH3 is 1. The number of anilines is 2. The minimum absolute atomic E-state index is 0. The van der Waals surface area contributed by atoms with Crippen LogP contribution in [0.2, 0.25) is 0 Å². The van der Waals surface area contributed by atoms with Crippen LogP contribution in [0.5, 0.6) is 5.88 Å². The second-order valence-electron chi connectivity index (χ2n) is 6.51. The Bertz CT molecular complexity index is 836.